The van der Waals surface area contributed by atoms with Crippen molar-refractivity contribution in [3.8, 4) is 0 Å². The molecule has 0 aliphatic rings. The Morgan fingerprint density at radius 3 is 2.74 bits per heavy atom. The van der Waals surface area contributed by atoms with Crippen LogP contribution in [0.15, 0.2) is 47.8 Å². The molecule has 0 bridgehead atoms. The van der Waals surface area contributed by atoms with E-state index in [2.05, 4.69) is 0 Å². The molecule has 0 fully saturated rings. The van der Waals surface area contributed by atoms with Crippen molar-refractivity contribution in [3.05, 3.63) is 64.0 Å². The van der Waals surface area contributed by atoms with Crippen LogP contribution < -0.4 is 5.73 Å². The molecule has 3 rings (SSSR count). The summed E-state index contributed by atoms with van der Waals surface area (Å²) in [4.78, 5) is 12.6. The predicted octanol–water partition coefficient (Wildman–Crippen LogP) is 4.37. The highest BCUT2D eigenvalue weighted by molar-refractivity contribution is 7.17. The summed E-state index contributed by atoms with van der Waals surface area (Å²) in [6.45, 7) is 0. The molecule has 2 N–H and O–H groups in total. The van der Waals surface area contributed by atoms with Crippen LogP contribution in [-0.4, -0.2) is 5.78 Å². The van der Waals surface area contributed by atoms with Crippen molar-refractivity contribution < 1.29 is 4.79 Å². The van der Waals surface area contributed by atoms with Crippen molar-refractivity contribution >= 4 is 44.5 Å². The zero-order chi connectivity index (χ0) is 13.4. The van der Waals surface area contributed by atoms with Crippen molar-refractivity contribution in [2.75, 3.05) is 5.73 Å². The van der Waals surface area contributed by atoms with Gasteiger partial charge in [-0.15, -0.1) is 11.3 Å². The van der Waals surface area contributed by atoms with Gasteiger partial charge >= 0.3 is 0 Å². The van der Waals surface area contributed by atoms with Crippen LogP contribution in [0, 0.1) is 0 Å². The van der Waals surface area contributed by atoms with Crippen LogP contribution in [0.5, 0.6) is 0 Å². The molecule has 3 aromatic rings. The van der Waals surface area contributed by atoms with Gasteiger partial charge in [-0.3, -0.25) is 4.79 Å². The van der Waals surface area contributed by atoms with Crippen LogP contribution in [0.3, 0.4) is 0 Å². The van der Waals surface area contributed by atoms with Crippen LogP contribution in [0.25, 0.3) is 10.1 Å². The molecule has 1 heterocycles. The predicted molar refractivity (Wildman–Crippen MR) is 81.1 cm³/mol. The lowest BCUT2D eigenvalue weighted by atomic mass is 10.0. The largest absolute Gasteiger partial charge is 0.398 e. The fourth-order valence-corrected chi connectivity index (χ4v) is 3.14. The quantitative estimate of drug-likeness (QED) is 0.562. The first kappa shape index (κ1) is 12.2. The summed E-state index contributed by atoms with van der Waals surface area (Å²) < 4.78 is 1.09. The number of fused-ring (bicyclic) bond motifs is 1. The molecule has 0 saturated carbocycles. The van der Waals surface area contributed by atoms with E-state index in [0.29, 0.717) is 21.8 Å². The molecule has 0 saturated heterocycles. The van der Waals surface area contributed by atoms with Gasteiger partial charge in [-0.25, -0.2) is 0 Å². The lowest BCUT2D eigenvalue weighted by Crippen LogP contribution is -2.04. The Labute approximate surface area is 119 Å². The summed E-state index contributed by atoms with van der Waals surface area (Å²) >= 11 is 7.49. The normalized spacial score (nSPS) is 10.8. The summed E-state index contributed by atoms with van der Waals surface area (Å²) in [6, 6.07) is 12.8. The Balaban J connectivity index is 2.16. The van der Waals surface area contributed by atoms with Gasteiger partial charge < -0.3 is 5.73 Å². The third kappa shape index (κ3) is 2.11. The number of carbonyl (C=O) groups is 1. The molecule has 0 amide bonds. The maximum Gasteiger partial charge on any atom is 0.196 e. The minimum Gasteiger partial charge on any atom is -0.398 e. The molecule has 94 valence electrons. The van der Waals surface area contributed by atoms with Gasteiger partial charge in [0.25, 0.3) is 0 Å². The number of benzene rings is 2. The van der Waals surface area contributed by atoms with Gasteiger partial charge in [0.05, 0.1) is 0 Å². The number of halogens is 1. The molecule has 4 heteroatoms. The second kappa shape index (κ2) is 4.68. The highest BCUT2D eigenvalue weighted by Crippen LogP contribution is 2.29. The maximum absolute atomic E-state index is 12.6. The number of thiophene rings is 1. The van der Waals surface area contributed by atoms with Crippen LogP contribution in [-0.2, 0) is 0 Å². The van der Waals surface area contributed by atoms with E-state index in [1.54, 1.807) is 29.5 Å². The first-order valence-corrected chi connectivity index (χ1v) is 6.98. The first-order valence-electron chi connectivity index (χ1n) is 5.73. The third-order valence-corrected chi connectivity index (χ3v) is 4.18. The van der Waals surface area contributed by atoms with Gasteiger partial charge in [0.15, 0.2) is 5.78 Å². The molecule has 2 nitrogen and oxygen atoms in total. The number of carbonyl (C=O) groups excluding carboxylic acids is 1. The van der Waals surface area contributed by atoms with E-state index in [4.69, 9.17) is 17.3 Å². The van der Waals surface area contributed by atoms with E-state index >= 15 is 0 Å². The second-order valence-electron chi connectivity index (χ2n) is 4.21. The SMILES string of the molecule is Nc1ccc(Cl)cc1C(=O)c1csc2ccccc12. The number of ketones is 1. The first-order chi connectivity index (χ1) is 9.16. The summed E-state index contributed by atoms with van der Waals surface area (Å²) in [5.41, 5.74) is 7.44. The fourth-order valence-electron chi connectivity index (χ4n) is 2.02. The van der Waals surface area contributed by atoms with Gasteiger partial charge in [0, 0.05) is 37.3 Å². The van der Waals surface area contributed by atoms with E-state index in [1.807, 2.05) is 29.6 Å². The minimum atomic E-state index is -0.0857. The topological polar surface area (TPSA) is 43.1 Å². The van der Waals surface area contributed by atoms with Crippen molar-refractivity contribution in [1.82, 2.24) is 0 Å². The van der Waals surface area contributed by atoms with Gasteiger partial charge in [-0.05, 0) is 24.3 Å². The van der Waals surface area contributed by atoms with E-state index in [-0.39, 0.29) is 5.78 Å². The molecule has 0 radical (unpaired) electrons. The second-order valence-corrected chi connectivity index (χ2v) is 5.55. The van der Waals surface area contributed by atoms with E-state index in [0.717, 1.165) is 10.1 Å². The zero-order valence-electron chi connectivity index (χ0n) is 9.89. The Hall–Kier alpha value is -1.84. The number of anilines is 1. The fraction of sp³-hybridized carbons (Fsp3) is 0. The molecule has 1 aromatic heterocycles. The molecule has 0 spiro atoms. The van der Waals surface area contributed by atoms with E-state index < -0.39 is 0 Å². The number of rotatable bonds is 2. The van der Waals surface area contributed by atoms with Gasteiger partial charge in [-0.2, -0.15) is 0 Å². The number of nitrogens with two attached hydrogens (primary N) is 1. The standard InChI is InChI=1S/C15H10ClNOS/c16-9-5-6-13(17)11(7-9)15(18)12-8-19-14-4-2-1-3-10(12)14/h1-8H,17H2. The lowest BCUT2D eigenvalue weighted by Gasteiger charge is -2.04. The van der Waals surface area contributed by atoms with E-state index in [1.165, 1.54) is 0 Å². The van der Waals surface area contributed by atoms with Gasteiger partial charge in [0.2, 0.25) is 0 Å². The van der Waals surface area contributed by atoms with Crippen LogP contribution >= 0.6 is 22.9 Å². The molecule has 0 aliphatic heterocycles. The van der Waals surface area contributed by atoms with Crippen molar-refractivity contribution in [2.45, 2.75) is 0 Å². The monoisotopic (exact) mass is 287 g/mol. The van der Waals surface area contributed by atoms with Gasteiger partial charge in [0.1, 0.15) is 0 Å². The minimum absolute atomic E-state index is 0.0857. The number of hydrogen-bond acceptors (Lipinski definition) is 3. The van der Waals surface area contributed by atoms with Gasteiger partial charge in [-0.1, -0.05) is 29.8 Å². The maximum atomic E-state index is 12.6. The summed E-state index contributed by atoms with van der Waals surface area (Å²) in [5.74, 6) is -0.0857. The van der Waals surface area contributed by atoms with E-state index in [9.17, 15) is 4.79 Å². The molecule has 2 aromatic carbocycles. The molecule has 0 aliphatic carbocycles. The summed E-state index contributed by atoms with van der Waals surface area (Å²) in [5, 5.41) is 3.34. The highest BCUT2D eigenvalue weighted by Gasteiger charge is 2.16. The van der Waals surface area contributed by atoms with Crippen LogP contribution in [0.2, 0.25) is 5.02 Å². The Morgan fingerprint density at radius 2 is 1.89 bits per heavy atom. The Bertz CT molecular complexity index is 779. The highest BCUT2D eigenvalue weighted by atomic mass is 35.5. The molecule has 19 heavy (non-hydrogen) atoms. The molecule has 0 atom stereocenters. The molecular weight excluding hydrogens is 278 g/mol. The smallest absolute Gasteiger partial charge is 0.196 e. The van der Waals surface area contributed by atoms with Crippen molar-refractivity contribution in [3.63, 3.8) is 0 Å². The molecular formula is C15H10ClNOS. The Kier molecular flexibility index (Phi) is 3.01. The number of hydrogen-bond donors (Lipinski definition) is 1. The summed E-state index contributed by atoms with van der Waals surface area (Å²) in [6.07, 6.45) is 0. The average Bonchev–Trinajstić information content (AvgIpc) is 2.84. The van der Waals surface area contributed by atoms with Crippen LogP contribution in [0.1, 0.15) is 15.9 Å². The third-order valence-electron chi connectivity index (χ3n) is 2.99. The van der Waals surface area contributed by atoms with Crippen molar-refractivity contribution in [1.29, 1.82) is 0 Å². The average molecular weight is 288 g/mol. The van der Waals surface area contributed by atoms with Crippen molar-refractivity contribution in [2.24, 2.45) is 0 Å². The molecule has 0 unspecified atom stereocenters. The number of nitrogen functional groups attached to an aromatic ring is 1. The Morgan fingerprint density at radius 1 is 1.11 bits per heavy atom. The van der Waals surface area contributed by atoms with Crippen LogP contribution in [0.4, 0.5) is 5.69 Å². The lowest BCUT2D eigenvalue weighted by molar-refractivity contribution is 0.104. The summed E-state index contributed by atoms with van der Waals surface area (Å²) in [7, 11) is 0. The zero-order valence-corrected chi connectivity index (χ0v) is 11.5.